The number of hydrogen-bond acceptors (Lipinski definition) is 5. The number of anilines is 2. The Morgan fingerprint density at radius 1 is 1.31 bits per heavy atom. The zero-order valence-electron chi connectivity index (χ0n) is 16.1. The summed E-state index contributed by atoms with van der Waals surface area (Å²) in [7, 11) is 1.78. The Kier molecular flexibility index (Phi) is 5.10. The molecule has 1 fully saturated rings. The smallest absolute Gasteiger partial charge is 0.261 e. The highest BCUT2D eigenvalue weighted by atomic mass is 35.5. The highest BCUT2D eigenvalue weighted by Gasteiger charge is 2.31. The van der Waals surface area contributed by atoms with Crippen LogP contribution in [0.1, 0.15) is 35.3 Å². The molecule has 1 unspecified atom stereocenters. The van der Waals surface area contributed by atoms with Crippen molar-refractivity contribution >= 4 is 40.6 Å². The summed E-state index contributed by atoms with van der Waals surface area (Å²) in [5, 5.41) is 10.8. The number of benzene rings is 1. The zero-order valence-corrected chi connectivity index (χ0v) is 16.9. The fourth-order valence-electron chi connectivity index (χ4n) is 3.54. The van der Waals surface area contributed by atoms with Crippen LogP contribution in [0.5, 0.6) is 0 Å². The highest BCUT2D eigenvalue weighted by molar-refractivity contribution is 6.30. The number of fused-ring (bicyclic) bond motifs is 1. The molecule has 1 saturated heterocycles. The van der Waals surface area contributed by atoms with Crippen molar-refractivity contribution < 1.29 is 9.59 Å². The van der Waals surface area contributed by atoms with Crippen molar-refractivity contribution in [2.45, 2.75) is 19.3 Å². The SMILES string of the molecule is CCN1CC(c2cc(NC)n3ncc(C(=O)Nc4ccc(Cl)cc4)c3n2)CC1=O. The summed E-state index contributed by atoms with van der Waals surface area (Å²) in [4.78, 5) is 31.5. The van der Waals surface area contributed by atoms with Gasteiger partial charge in [0.05, 0.1) is 11.9 Å². The number of hydrogen-bond donors (Lipinski definition) is 2. The molecule has 9 heteroatoms. The minimum absolute atomic E-state index is 0.0124. The standard InChI is InChI=1S/C20H21ClN6O2/c1-3-26-11-12(8-18(26)28)16-9-17(22-2)27-19(25-16)15(10-23-27)20(29)24-14-6-4-13(21)5-7-14/h4-7,9-10,12,22H,3,8,11H2,1-2H3,(H,24,29). The fraction of sp³-hybridized carbons (Fsp3) is 0.300. The molecule has 3 aromatic rings. The first-order valence-corrected chi connectivity index (χ1v) is 9.79. The summed E-state index contributed by atoms with van der Waals surface area (Å²) in [5.74, 6) is 0.505. The second-order valence-electron chi connectivity index (χ2n) is 6.90. The normalized spacial score (nSPS) is 16.4. The van der Waals surface area contributed by atoms with Crippen LogP contribution in [0.3, 0.4) is 0 Å². The number of nitrogens with one attached hydrogen (secondary N) is 2. The average Bonchev–Trinajstić information content (AvgIpc) is 3.32. The molecule has 4 rings (SSSR count). The van der Waals surface area contributed by atoms with E-state index in [9.17, 15) is 9.59 Å². The lowest BCUT2D eigenvalue weighted by Crippen LogP contribution is -2.24. The molecular weight excluding hydrogens is 392 g/mol. The van der Waals surface area contributed by atoms with Crippen molar-refractivity contribution in [2.75, 3.05) is 30.8 Å². The zero-order chi connectivity index (χ0) is 20.5. The summed E-state index contributed by atoms with van der Waals surface area (Å²) in [5.41, 5.74) is 2.20. The first-order valence-electron chi connectivity index (χ1n) is 9.41. The lowest BCUT2D eigenvalue weighted by molar-refractivity contribution is -0.127. The summed E-state index contributed by atoms with van der Waals surface area (Å²) in [6.45, 7) is 3.27. The molecule has 0 aliphatic carbocycles. The van der Waals surface area contributed by atoms with Gasteiger partial charge in [-0.3, -0.25) is 9.59 Å². The predicted octanol–water partition coefficient (Wildman–Crippen LogP) is 3.01. The van der Waals surface area contributed by atoms with E-state index in [4.69, 9.17) is 16.6 Å². The number of likely N-dealkylation sites (tertiary alicyclic amines) is 1. The van der Waals surface area contributed by atoms with Crippen LogP contribution < -0.4 is 10.6 Å². The molecule has 1 aliphatic heterocycles. The minimum atomic E-state index is -0.313. The van der Waals surface area contributed by atoms with Gasteiger partial charge in [-0.05, 0) is 31.2 Å². The van der Waals surface area contributed by atoms with E-state index >= 15 is 0 Å². The molecule has 29 heavy (non-hydrogen) atoms. The first kappa shape index (κ1) is 19.2. The number of nitrogens with zero attached hydrogens (tertiary/aromatic N) is 4. The van der Waals surface area contributed by atoms with Crippen LogP contribution in [-0.4, -0.2) is 51.4 Å². The molecule has 2 aromatic heterocycles. The lowest BCUT2D eigenvalue weighted by Gasteiger charge is -2.14. The van der Waals surface area contributed by atoms with Crippen molar-refractivity contribution in [3.8, 4) is 0 Å². The predicted molar refractivity (Wildman–Crippen MR) is 112 cm³/mol. The molecule has 0 saturated carbocycles. The quantitative estimate of drug-likeness (QED) is 0.672. The summed E-state index contributed by atoms with van der Waals surface area (Å²) in [6, 6.07) is 8.76. The third-order valence-corrected chi connectivity index (χ3v) is 5.36. The van der Waals surface area contributed by atoms with E-state index < -0.39 is 0 Å². The molecule has 2 amide bonds. The molecule has 8 nitrogen and oxygen atoms in total. The molecule has 3 heterocycles. The van der Waals surface area contributed by atoms with Crippen LogP contribution in [-0.2, 0) is 4.79 Å². The van der Waals surface area contributed by atoms with Crippen LogP contribution in [0.15, 0.2) is 36.5 Å². The second-order valence-corrected chi connectivity index (χ2v) is 7.34. The van der Waals surface area contributed by atoms with E-state index in [0.717, 1.165) is 5.69 Å². The van der Waals surface area contributed by atoms with E-state index in [1.165, 1.54) is 6.20 Å². The maximum absolute atomic E-state index is 12.8. The topological polar surface area (TPSA) is 91.6 Å². The van der Waals surface area contributed by atoms with Gasteiger partial charge in [-0.25, -0.2) is 4.98 Å². The highest BCUT2D eigenvalue weighted by Crippen LogP contribution is 2.29. The Balaban J connectivity index is 1.69. The monoisotopic (exact) mass is 412 g/mol. The molecule has 0 spiro atoms. The van der Waals surface area contributed by atoms with Crippen LogP contribution >= 0.6 is 11.6 Å². The molecular formula is C20H21ClN6O2. The fourth-order valence-corrected chi connectivity index (χ4v) is 3.66. The lowest BCUT2D eigenvalue weighted by atomic mass is 10.0. The van der Waals surface area contributed by atoms with Gasteiger partial charge in [0, 0.05) is 49.3 Å². The number of likely N-dealkylation sites (N-methyl/N-ethyl adjacent to an activating group) is 1. The summed E-state index contributed by atoms with van der Waals surface area (Å²) >= 11 is 5.90. The Bertz CT molecular complexity index is 1080. The Morgan fingerprint density at radius 2 is 2.07 bits per heavy atom. The maximum atomic E-state index is 12.8. The Labute approximate surface area is 172 Å². The van der Waals surface area contributed by atoms with E-state index in [1.54, 1.807) is 35.8 Å². The van der Waals surface area contributed by atoms with Gasteiger partial charge in [-0.1, -0.05) is 11.6 Å². The van der Waals surface area contributed by atoms with Gasteiger partial charge >= 0.3 is 0 Å². The second kappa shape index (κ2) is 7.71. The third-order valence-electron chi connectivity index (χ3n) is 5.11. The molecule has 1 atom stereocenters. The Hall–Kier alpha value is -3.13. The van der Waals surface area contributed by atoms with Crippen molar-refractivity contribution in [2.24, 2.45) is 0 Å². The van der Waals surface area contributed by atoms with Gasteiger partial charge in [-0.2, -0.15) is 9.61 Å². The largest absolute Gasteiger partial charge is 0.373 e. The van der Waals surface area contributed by atoms with Gasteiger partial charge in [0.25, 0.3) is 5.91 Å². The number of rotatable bonds is 5. The van der Waals surface area contributed by atoms with Gasteiger partial charge in [-0.15, -0.1) is 0 Å². The average molecular weight is 413 g/mol. The van der Waals surface area contributed by atoms with E-state index in [1.807, 2.05) is 17.9 Å². The third kappa shape index (κ3) is 3.63. The molecule has 1 aromatic carbocycles. The molecule has 0 radical (unpaired) electrons. The van der Waals surface area contributed by atoms with Crippen molar-refractivity contribution in [1.82, 2.24) is 19.5 Å². The Morgan fingerprint density at radius 3 is 2.72 bits per heavy atom. The van der Waals surface area contributed by atoms with E-state index in [-0.39, 0.29) is 17.7 Å². The van der Waals surface area contributed by atoms with Crippen molar-refractivity contribution in [3.05, 3.63) is 52.8 Å². The number of carbonyl (C=O) groups is 2. The molecule has 2 N–H and O–H groups in total. The maximum Gasteiger partial charge on any atom is 0.261 e. The number of aromatic nitrogens is 3. The number of amides is 2. The van der Waals surface area contributed by atoms with Crippen LogP contribution in [0.4, 0.5) is 11.5 Å². The molecule has 0 bridgehead atoms. The van der Waals surface area contributed by atoms with Gasteiger partial charge in [0.15, 0.2) is 5.65 Å². The van der Waals surface area contributed by atoms with Crippen LogP contribution in [0, 0.1) is 0 Å². The number of halogens is 1. The summed E-state index contributed by atoms with van der Waals surface area (Å²) < 4.78 is 1.59. The minimum Gasteiger partial charge on any atom is -0.373 e. The van der Waals surface area contributed by atoms with Gasteiger partial charge in [0.1, 0.15) is 11.4 Å². The first-order chi connectivity index (χ1) is 14.0. The summed E-state index contributed by atoms with van der Waals surface area (Å²) in [6.07, 6.45) is 1.91. The van der Waals surface area contributed by atoms with Crippen molar-refractivity contribution in [3.63, 3.8) is 0 Å². The number of carbonyl (C=O) groups excluding carboxylic acids is 2. The molecule has 150 valence electrons. The van der Waals surface area contributed by atoms with Gasteiger partial charge in [0.2, 0.25) is 5.91 Å². The van der Waals surface area contributed by atoms with Crippen LogP contribution in [0.2, 0.25) is 5.02 Å². The van der Waals surface area contributed by atoms with Crippen LogP contribution in [0.25, 0.3) is 5.65 Å². The molecule has 1 aliphatic rings. The van der Waals surface area contributed by atoms with E-state index in [0.29, 0.717) is 47.2 Å². The van der Waals surface area contributed by atoms with Gasteiger partial charge < -0.3 is 15.5 Å². The van der Waals surface area contributed by atoms with Crippen molar-refractivity contribution in [1.29, 1.82) is 0 Å². The van der Waals surface area contributed by atoms with E-state index in [2.05, 4.69) is 15.7 Å².